The molecule has 0 N–H and O–H groups in total. The molecule has 0 unspecified atom stereocenters. The van der Waals surface area contributed by atoms with Gasteiger partial charge in [0.2, 0.25) is 0 Å². The zero-order valence-electron chi connectivity index (χ0n) is 9.47. The van der Waals surface area contributed by atoms with E-state index < -0.39 is 0 Å². The molecule has 16 heavy (non-hydrogen) atoms. The highest BCUT2D eigenvalue weighted by molar-refractivity contribution is 7.13. The first-order chi connectivity index (χ1) is 7.59. The number of carbonyl (C=O) groups is 1. The van der Waals surface area contributed by atoms with Crippen LogP contribution in [-0.2, 0) is 7.05 Å². The molecule has 0 fully saturated rings. The van der Waals surface area contributed by atoms with Gasteiger partial charge in [0, 0.05) is 27.3 Å². The Labute approximate surface area is 98.1 Å². The van der Waals surface area contributed by atoms with Gasteiger partial charge in [0.15, 0.2) is 0 Å². The SMILES string of the molecule is CN(C)C(=O)c1cn(C)nc1-c1cccs1. The Morgan fingerprint density at radius 3 is 2.81 bits per heavy atom. The molecule has 2 aromatic heterocycles. The maximum atomic E-state index is 12.0. The zero-order chi connectivity index (χ0) is 11.7. The minimum atomic E-state index is -0.0171. The van der Waals surface area contributed by atoms with Gasteiger partial charge in [-0.25, -0.2) is 0 Å². The number of thiophene rings is 1. The first kappa shape index (κ1) is 10.9. The summed E-state index contributed by atoms with van der Waals surface area (Å²) in [5.74, 6) is -0.0171. The second-order valence-electron chi connectivity index (χ2n) is 3.74. The molecule has 0 radical (unpaired) electrons. The van der Waals surface area contributed by atoms with E-state index in [1.54, 1.807) is 41.2 Å². The molecule has 0 aliphatic carbocycles. The predicted octanol–water partition coefficient (Wildman–Crippen LogP) is 1.85. The van der Waals surface area contributed by atoms with Crippen LogP contribution in [0.5, 0.6) is 0 Å². The quantitative estimate of drug-likeness (QED) is 0.796. The van der Waals surface area contributed by atoms with Gasteiger partial charge in [-0.15, -0.1) is 11.3 Å². The van der Waals surface area contributed by atoms with E-state index in [9.17, 15) is 4.79 Å². The normalized spacial score (nSPS) is 10.4. The van der Waals surface area contributed by atoms with Crippen molar-refractivity contribution >= 4 is 17.2 Å². The summed E-state index contributed by atoms with van der Waals surface area (Å²) in [6.07, 6.45) is 1.76. The monoisotopic (exact) mass is 235 g/mol. The fourth-order valence-electron chi connectivity index (χ4n) is 1.48. The van der Waals surface area contributed by atoms with Gasteiger partial charge in [-0.1, -0.05) is 6.07 Å². The summed E-state index contributed by atoms with van der Waals surface area (Å²) < 4.78 is 1.67. The molecule has 2 heterocycles. The molecule has 1 amide bonds. The van der Waals surface area contributed by atoms with Gasteiger partial charge < -0.3 is 4.90 Å². The standard InChI is InChI=1S/C11H13N3OS/c1-13(2)11(15)8-7-14(3)12-10(8)9-5-4-6-16-9/h4-7H,1-3H3. The summed E-state index contributed by atoms with van der Waals surface area (Å²) in [7, 11) is 5.31. The average molecular weight is 235 g/mol. The second kappa shape index (κ2) is 4.09. The van der Waals surface area contributed by atoms with Crippen molar-refractivity contribution in [1.82, 2.24) is 14.7 Å². The molecule has 0 bridgehead atoms. The smallest absolute Gasteiger partial charge is 0.257 e. The molecule has 0 saturated heterocycles. The van der Waals surface area contributed by atoms with Crippen molar-refractivity contribution in [3.05, 3.63) is 29.3 Å². The molecule has 0 aliphatic rings. The van der Waals surface area contributed by atoms with Crippen LogP contribution in [0.25, 0.3) is 10.6 Å². The highest BCUT2D eigenvalue weighted by Crippen LogP contribution is 2.26. The Morgan fingerprint density at radius 1 is 1.50 bits per heavy atom. The maximum Gasteiger partial charge on any atom is 0.257 e. The average Bonchev–Trinajstić information content (AvgIpc) is 2.84. The van der Waals surface area contributed by atoms with E-state index in [4.69, 9.17) is 0 Å². The van der Waals surface area contributed by atoms with E-state index in [0.29, 0.717) is 5.56 Å². The van der Waals surface area contributed by atoms with Crippen molar-refractivity contribution in [1.29, 1.82) is 0 Å². The molecule has 0 atom stereocenters. The van der Waals surface area contributed by atoms with Crippen LogP contribution in [0.3, 0.4) is 0 Å². The van der Waals surface area contributed by atoms with Gasteiger partial charge in [-0.3, -0.25) is 9.48 Å². The van der Waals surface area contributed by atoms with Crippen LogP contribution in [0.4, 0.5) is 0 Å². The highest BCUT2D eigenvalue weighted by atomic mass is 32.1. The summed E-state index contributed by atoms with van der Waals surface area (Å²) >= 11 is 1.59. The van der Waals surface area contributed by atoms with Crippen LogP contribution in [-0.4, -0.2) is 34.7 Å². The van der Waals surface area contributed by atoms with E-state index in [-0.39, 0.29) is 5.91 Å². The topological polar surface area (TPSA) is 38.1 Å². The lowest BCUT2D eigenvalue weighted by Gasteiger charge is -2.08. The molecule has 2 aromatic rings. The largest absolute Gasteiger partial charge is 0.345 e. The first-order valence-electron chi connectivity index (χ1n) is 4.89. The Morgan fingerprint density at radius 2 is 2.25 bits per heavy atom. The summed E-state index contributed by atoms with van der Waals surface area (Å²) in [4.78, 5) is 14.5. The molecule has 84 valence electrons. The van der Waals surface area contributed by atoms with Gasteiger partial charge in [0.25, 0.3) is 5.91 Å². The van der Waals surface area contributed by atoms with Crippen molar-refractivity contribution in [2.75, 3.05) is 14.1 Å². The van der Waals surface area contributed by atoms with Crippen LogP contribution < -0.4 is 0 Å². The van der Waals surface area contributed by atoms with Gasteiger partial charge in [-0.2, -0.15) is 5.10 Å². The van der Waals surface area contributed by atoms with Crippen LogP contribution in [0.1, 0.15) is 10.4 Å². The second-order valence-corrected chi connectivity index (χ2v) is 4.69. The summed E-state index contributed by atoms with van der Waals surface area (Å²) in [6.45, 7) is 0. The van der Waals surface area contributed by atoms with Crippen LogP contribution in [0.15, 0.2) is 23.7 Å². The third-order valence-corrected chi connectivity index (χ3v) is 3.10. The Kier molecular flexibility index (Phi) is 2.78. The molecule has 0 saturated carbocycles. The van der Waals surface area contributed by atoms with Crippen molar-refractivity contribution in [2.24, 2.45) is 7.05 Å². The lowest BCUT2D eigenvalue weighted by molar-refractivity contribution is 0.0828. The molecule has 5 heteroatoms. The Bertz CT molecular complexity index is 499. The first-order valence-corrected chi connectivity index (χ1v) is 5.76. The summed E-state index contributed by atoms with van der Waals surface area (Å²) in [6, 6.07) is 3.93. The summed E-state index contributed by atoms with van der Waals surface area (Å²) in [5.41, 5.74) is 1.41. The number of aryl methyl sites for hydroxylation is 1. The number of aromatic nitrogens is 2. The van der Waals surface area contributed by atoms with E-state index >= 15 is 0 Å². The number of hydrogen-bond acceptors (Lipinski definition) is 3. The number of carbonyl (C=O) groups excluding carboxylic acids is 1. The highest BCUT2D eigenvalue weighted by Gasteiger charge is 2.18. The van der Waals surface area contributed by atoms with Crippen molar-refractivity contribution < 1.29 is 4.79 Å². The van der Waals surface area contributed by atoms with E-state index in [1.165, 1.54) is 0 Å². The van der Waals surface area contributed by atoms with E-state index in [1.807, 2.05) is 24.6 Å². The molecule has 2 rings (SSSR count). The lowest BCUT2D eigenvalue weighted by Crippen LogP contribution is -2.21. The molecule has 4 nitrogen and oxygen atoms in total. The maximum absolute atomic E-state index is 12.0. The van der Waals surface area contributed by atoms with Crippen molar-refractivity contribution in [2.45, 2.75) is 0 Å². The molecule has 0 aliphatic heterocycles. The van der Waals surface area contributed by atoms with Crippen molar-refractivity contribution in [3.63, 3.8) is 0 Å². The lowest BCUT2D eigenvalue weighted by atomic mass is 10.2. The van der Waals surface area contributed by atoms with Crippen molar-refractivity contribution in [3.8, 4) is 10.6 Å². The zero-order valence-corrected chi connectivity index (χ0v) is 10.3. The van der Waals surface area contributed by atoms with Gasteiger partial charge in [0.05, 0.1) is 10.4 Å². The Balaban J connectivity index is 2.50. The third-order valence-electron chi connectivity index (χ3n) is 2.22. The van der Waals surface area contributed by atoms with Crippen LogP contribution >= 0.6 is 11.3 Å². The number of nitrogens with zero attached hydrogens (tertiary/aromatic N) is 3. The molecule has 0 spiro atoms. The van der Waals surface area contributed by atoms with Gasteiger partial charge in [-0.05, 0) is 11.4 Å². The molecule has 0 aromatic carbocycles. The minimum absolute atomic E-state index is 0.0171. The Hall–Kier alpha value is -1.62. The molecular formula is C11H13N3OS. The predicted molar refractivity (Wildman–Crippen MR) is 64.5 cm³/mol. The minimum Gasteiger partial charge on any atom is -0.345 e. The van der Waals surface area contributed by atoms with Crippen LogP contribution in [0.2, 0.25) is 0 Å². The van der Waals surface area contributed by atoms with Gasteiger partial charge >= 0.3 is 0 Å². The van der Waals surface area contributed by atoms with Crippen LogP contribution in [0, 0.1) is 0 Å². The number of amides is 1. The van der Waals surface area contributed by atoms with E-state index in [2.05, 4.69) is 5.10 Å². The fourth-order valence-corrected chi connectivity index (χ4v) is 2.20. The fraction of sp³-hybridized carbons (Fsp3) is 0.273. The van der Waals surface area contributed by atoms with Gasteiger partial charge in [0.1, 0.15) is 5.69 Å². The summed E-state index contributed by atoms with van der Waals surface area (Å²) in [5, 5.41) is 6.32. The molecular weight excluding hydrogens is 222 g/mol. The van der Waals surface area contributed by atoms with E-state index in [0.717, 1.165) is 10.6 Å². The number of rotatable bonds is 2. The third kappa shape index (κ3) is 1.86. The number of hydrogen-bond donors (Lipinski definition) is 0.